The molecule has 0 atom stereocenters. The van der Waals surface area contributed by atoms with Gasteiger partial charge in [-0.25, -0.2) is 0 Å². The molecule has 0 unspecified atom stereocenters. The molecule has 1 aliphatic rings. The van der Waals surface area contributed by atoms with Crippen LogP contribution in [-0.4, -0.2) is 31.5 Å². The predicted molar refractivity (Wildman–Crippen MR) is 75.1 cm³/mol. The van der Waals surface area contributed by atoms with E-state index in [1.807, 2.05) is 6.07 Å². The summed E-state index contributed by atoms with van der Waals surface area (Å²) >= 11 is 6.09. The van der Waals surface area contributed by atoms with Gasteiger partial charge in [-0.15, -0.1) is 0 Å². The molecule has 1 aromatic rings. The van der Waals surface area contributed by atoms with Crippen molar-refractivity contribution in [3.8, 4) is 11.5 Å². The number of nitrogens with one attached hydrogen (secondary N) is 1. The van der Waals surface area contributed by atoms with Gasteiger partial charge in [0.25, 0.3) is 0 Å². The summed E-state index contributed by atoms with van der Waals surface area (Å²) < 4.78 is 11.0. The van der Waals surface area contributed by atoms with E-state index in [1.54, 1.807) is 13.2 Å². The monoisotopic (exact) mass is 285 g/mol. The molecule has 0 amide bonds. The lowest BCUT2D eigenvalue weighted by Crippen LogP contribution is -2.16. The van der Waals surface area contributed by atoms with E-state index in [4.69, 9.17) is 26.2 Å². The van der Waals surface area contributed by atoms with Crippen LogP contribution in [0.4, 0.5) is 0 Å². The van der Waals surface area contributed by atoms with Crippen LogP contribution in [0.15, 0.2) is 12.1 Å². The first-order chi connectivity index (χ1) is 9.24. The average molecular weight is 286 g/mol. The van der Waals surface area contributed by atoms with Crippen LogP contribution in [0.5, 0.6) is 11.5 Å². The fourth-order valence-corrected chi connectivity index (χ4v) is 2.08. The van der Waals surface area contributed by atoms with Crippen molar-refractivity contribution < 1.29 is 14.6 Å². The summed E-state index contributed by atoms with van der Waals surface area (Å²) in [5, 5.41) is 12.9. The number of halogens is 1. The number of rotatable bonds is 8. The molecule has 5 heteroatoms. The van der Waals surface area contributed by atoms with Crippen molar-refractivity contribution in [2.24, 2.45) is 0 Å². The molecular formula is C14H20ClNO3. The van der Waals surface area contributed by atoms with Crippen LogP contribution in [0, 0.1) is 0 Å². The fourth-order valence-electron chi connectivity index (χ4n) is 1.85. The van der Waals surface area contributed by atoms with Crippen LogP contribution in [0.2, 0.25) is 5.02 Å². The molecule has 19 heavy (non-hydrogen) atoms. The molecule has 1 fully saturated rings. The third-order valence-corrected chi connectivity index (χ3v) is 3.24. The van der Waals surface area contributed by atoms with Crippen LogP contribution in [0.25, 0.3) is 0 Å². The minimum absolute atomic E-state index is 0.117. The van der Waals surface area contributed by atoms with Gasteiger partial charge < -0.3 is 19.9 Å². The summed E-state index contributed by atoms with van der Waals surface area (Å²) in [5.74, 6) is 1.35. The number of aliphatic hydroxyl groups excluding tert-OH is 1. The predicted octanol–water partition coefficient (Wildman–Crippen LogP) is 2.36. The molecule has 106 valence electrons. The van der Waals surface area contributed by atoms with Gasteiger partial charge in [0.15, 0.2) is 11.5 Å². The molecule has 0 saturated heterocycles. The smallest absolute Gasteiger partial charge is 0.165 e. The van der Waals surface area contributed by atoms with E-state index in [9.17, 15) is 0 Å². The molecule has 4 nitrogen and oxygen atoms in total. The molecular weight excluding hydrogens is 266 g/mol. The Morgan fingerprint density at radius 1 is 1.42 bits per heavy atom. The number of methoxy groups -OCH3 is 1. The lowest BCUT2D eigenvalue weighted by atomic mass is 10.1. The van der Waals surface area contributed by atoms with E-state index in [-0.39, 0.29) is 6.61 Å². The first-order valence-electron chi connectivity index (χ1n) is 6.58. The van der Waals surface area contributed by atoms with E-state index in [2.05, 4.69) is 5.32 Å². The van der Waals surface area contributed by atoms with Crippen molar-refractivity contribution in [2.75, 3.05) is 20.3 Å². The summed E-state index contributed by atoms with van der Waals surface area (Å²) in [4.78, 5) is 0. The highest BCUT2D eigenvalue weighted by molar-refractivity contribution is 6.30. The van der Waals surface area contributed by atoms with Crippen LogP contribution >= 0.6 is 11.6 Å². The van der Waals surface area contributed by atoms with Crippen molar-refractivity contribution in [3.05, 3.63) is 22.7 Å². The van der Waals surface area contributed by atoms with Gasteiger partial charge in [0.1, 0.15) is 0 Å². The molecule has 0 bridgehead atoms. The van der Waals surface area contributed by atoms with E-state index >= 15 is 0 Å². The molecule has 0 heterocycles. The minimum atomic E-state index is 0.117. The second kappa shape index (κ2) is 6.98. The summed E-state index contributed by atoms with van der Waals surface area (Å²) in [6.07, 6.45) is 3.07. The number of benzene rings is 1. The van der Waals surface area contributed by atoms with E-state index < -0.39 is 0 Å². The summed E-state index contributed by atoms with van der Waals surface area (Å²) in [5.41, 5.74) is 0.995. The Bertz CT molecular complexity index is 421. The Morgan fingerprint density at radius 3 is 2.84 bits per heavy atom. The van der Waals surface area contributed by atoms with Gasteiger partial charge in [-0.2, -0.15) is 0 Å². The maximum atomic E-state index is 8.82. The third kappa shape index (κ3) is 4.27. The van der Waals surface area contributed by atoms with E-state index in [0.29, 0.717) is 35.6 Å². The molecule has 2 N–H and O–H groups in total. The highest BCUT2D eigenvalue weighted by atomic mass is 35.5. The zero-order valence-electron chi connectivity index (χ0n) is 11.1. The molecule has 0 spiro atoms. The van der Waals surface area contributed by atoms with E-state index in [1.165, 1.54) is 12.8 Å². The number of ether oxygens (including phenoxy) is 2. The number of hydrogen-bond donors (Lipinski definition) is 2. The number of hydrogen-bond acceptors (Lipinski definition) is 4. The van der Waals surface area contributed by atoms with Gasteiger partial charge in [-0.05, 0) is 18.9 Å². The lowest BCUT2D eigenvalue weighted by molar-refractivity contribution is 0.226. The van der Waals surface area contributed by atoms with Gasteiger partial charge in [0, 0.05) is 42.3 Å². The Hall–Kier alpha value is -0.970. The van der Waals surface area contributed by atoms with Gasteiger partial charge in [-0.3, -0.25) is 0 Å². The Morgan fingerprint density at radius 2 is 2.21 bits per heavy atom. The molecule has 1 aromatic carbocycles. The molecule has 0 aromatic heterocycles. The summed E-state index contributed by atoms with van der Waals surface area (Å²) in [6.45, 7) is 1.30. The van der Waals surface area contributed by atoms with Crippen molar-refractivity contribution in [1.82, 2.24) is 5.32 Å². The van der Waals surface area contributed by atoms with Crippen LogP contribution in [0.3, 0.4) is 0 Å². The second-order valence-corrected chi connectivity index (χ2v) is 5.11. The largest absolute Gasteiger partial charge is 0.493 e. The first-order valence-corrected chi connectivity index (χ1v) is 6.96. The van der Waals surface area contributed by atoms with Crippen molar-refractivity contribution in [2.45, 2.75) is 31.8 Å². The van der Waals surface area contributed by atoms with Crippen LogP contribution < -0.4 is 14.8 Å². The maximum Gasteiger partial charge on any atom is 0.165 e. The molecule has 1 saturated carbocycles. The van der Waals surface area contributed by atoms with Gasteiger partial charge in [-0.1, -0.05) is 11.6 Å². The zero-order valence-corrected chi connectivity index (χ0v) is 11.9. The maximum absolute atomic E-state index is 8.82. The molecule has 1 aliphatic carbocycles. The topological polar surface area (TPSA) is 50.7 Å². The fraction of sp³-hybridized carbons (Fsp3) is 0.571. The quantitative estimate of drug-likeness (QED) is 0.720. The molecule has 0 aliphatic heterocycles. The Kier molecular flexibility index (Phi) is 5.31. The molecule has 2 rings (SSSR count). The van der Waals surface area contributed by atoms with Crippen LogP contribution in [-0.2, 0) is 6.54 Å². The standard InChI is InChI=1S/C14H20ClNO3/c1-18-13-8-11(15)7-10(9-16-12-3-4-12)14(13)19-6-2-5-17/h7-8,12,16-17H,2-6,9H2,1H3. The number of aliphatic hydroxyl groups is 1. The van der Waals surface area contributed by atoms with Crippen molar-refractivity contribution in [1.29, 1.82) is 0 Å². The Balaban J connectivity index is 2.12. The highest BCUT2D eigenvalue weighted by Gasteiger charge is 2.21. The molecule has 0 radical (unpaired) electrons. The summed E-state index contributed by atoms with van der Waals surface area (Å²) in [7, 11) is 1.60. The lowest BCUT2D eigenvalue weighted by Gasteiger charge is -2.16. The Labute approximate surface area is 118 Å². The zero-order chi connectivity index (χ0) is 13.7. The minimum Gasteiger partial charge on any atom is -0.493 e. The van der Waals surface area contributed by atoms with Gasteiger partial charge >= 0.3 is 0 Å². The highest BCUT2D eigenvalue weighted by Crippen LogP contribution is 2.35. The summed E-state index contributed by atoms with van der Waals surface area (Å²) in [6, 6.07) is 4.26. The SMILES string of the molecule is COc1cc(Cl)cc(CNC2CC2)c1OCCCO. The first kappa shape index (κ1) is 14.4. The van der Waals surface area contributed by atoms with Crippen molar-refractivity contribution >= 4 is 11.6 Å². The van der Waals surface area contributed by atoms with Gasteiger partial charge in [0.05, 0.1) is 13.7 Å². The second-order valence-electron chi connectivity index (χ2n) is 4.68. The van der Waals surface area contributed by atoms with Crippen molar-refractivity contribution in [3.63, 3.8) is 0 Å². The van der Waals surface area contributed by atoms with Gasteiger partial charge in [0.2, 0.25) is 0 Å². The van der Waals surface area contributed by atoms with E-state index in [0.717, 1.165) is 12.1 Å². The normalized spacial score (nSPS) is 14.5. The average Bonchev–Trinajstić information content (AvgIpc) is 3.22. The van der Waals surface area contributed by atoms with Crippen LogP contribution in [0.1, 0.15) is 24.8 Å². The third-order valence-electron chi connectivity index (χ3n) is 3.02.